The van der Waals surface area contributed by atoms with Crippen molar-refractivity contribution in [3.05, 3.63) is 62.3 Å². The fourth-order valence-corrected chi connectivity index (χ4v) is 2.60. The number of nitrogens with two attached hydrogens (primary N) is 1. The summed E-state index contributed by atoms with van der Waals surface area (Å²) in [7, 11) is 0. The number of thiocarbonyl (C=S) groups is 1. The summed E-state index contributed by atoms with van der Waals surface area (Å²) in [6.45, 7) is 0.290. The molecule has 0 heterocycles. The zero-order valence-electron chi connectivity index (χ0n) is 10.2. The third kappa shape index (κ3) is 3.77. The van der Waals surface area contributed by atoms with Crippen molar-refractivity contribution >= 4 is 49.1 Å². The van der Waals surface area contributed by atoms with Gasteiger partial charge >= 0.3 is 0 Å². The predicted molar refractivity (Wildman–Crippen MR) is 88.5 cm³/mol. The summed E-state index contributed by atoms with van der Waals surface area (Å²) in [5.41, 5.74) is 7.17. The Balaban J connectivity index is 2.20. The van der Waals surface area contributed by atoms with Crippen LogP contribution in [0.1, 0.15) is 11.1 Å². The molecule has 2 rings (SSSR count). The lowest BCUT2D eigenvalue weighted by Crippen LogP contribution is -2.12. The maximum absolute atomic E-state index is 13.0. The van der Waals surface area contributed by atoms with Crippen LogP contribution in [0.2, 0.25) is 0 Å². The molecular weight excluding hydrogens is 409 g/mol. The van der Waals surface area contributed by atoms with E-state index in [2.05, 4.69) is 31.9 Å². The van der Waals surface area contributed by atoms with Crippen molar-refractivity contribution in [1.82, 2.24) is 0 Å². The Hall–Kier alpha value is -0.980. The lowest BCUT2D eigenvalue weighted by molar-refractivity contribution is 0.304. The van der Waals surface area contributed by atoms with Gasteiger partial charge in [-0.05, 0) is 30.3 Å². The van der Waals surface area contributed by atoms with Gasteiger partial charge < -0.3 is 10.5 Å². The molecule has 2 aromatic rings. The summed E-state index contributed by atoms with van der Waals surface area (Å²) in [6.07, 6.45) is 0. The van der Waals surface area contributed by atoms with Crippen LogP contribution in [-0.4, -0.2) is 4.99 Å². The Morgan fingerprint density at radius 1 is 1.20 bits per heavy atom. The summed E-state index contributed by atoms with van der Waals surface area (Å²) >= 11 is 11.7. The molecule has 0 spiro atoms. The first kappa shape index (κ1) is 15.4. The molecule has 104 valence electrons. The second kappa shape index (κ2) is 6.65. The summed E-state index contributed by atoms with van der Waals surface area (Å²) in [5.74, 6) is 0.296. The molecule has 0 aromatic heterocycles. The molecule has 0 fully saturated rings. The minimum Gasteiger partial charge on any atom is -0.488 e. The van der Waals surface area contributed by atoms with Gasteiger partial charge in [0.2, 0.25) is 0 Å². The second-order valence-corrected chi connectivity index (χ2v) is 6.24. The zero-order valence-corrected chi connectivity index (χ0v) is 14.2. The van der Waals surface area contributed by atoms with Crippen LogP contribution in [0.25, 0.3) is 0 Å². The molecule has 0 saturated heterocycles. The number of ether oxygens (including phenoxy) is 1. The van der Waals surface area contributed by atoms with Crippen LogP contribution in [0.4, 0.5) is 4.39 Å². The van der Waals surface area contributed by atoms with Crippen LogP contribution in [0, 0.1) is 5.82 Å². The Morgan fingerprint density at radius 2 is 1.95 bits per heavy atom. The average molecular weight is 419 g/mol. The smallest absolute Gasteiger partial charge is 0.130 e. The standard InChI is InChI=1S/C14H10Br2FNOS/c15-9-2-4-13(11(5-9)14(18)20)19-7-8-1-3-10(17)6-12(8)16/h1-6H,7H2,(H2,18,20). The first-order valence-corrected chi connectivity index (χ1v) is 7.63. The van der Waals surface area contributed by atoms with Gasteiger partial charge in [0.1, 0.15) is 23.2 Å². The average Bonchev–Trinajstić information content (AvgIpc) is 2.38. The molecule has 0 bridgehead atoms. The van der Waals surface area contributed by atoms with Gasteiger partial charge in [0.25, 0.3) is 0 Å². The van der Waals surface area contributed by atoms with Crippen molar-refractivity contribution < 1.29 is 9.13 Å². The summed E-state index contributed by atoms with van der Waals surface area (Å²) in [6, 6.07) is 9.89. The van der Waals surface area contributed by atoms with Crippen molar-refractivity contribution in [2.24, 2.45) is 5.73 Å². The van der Waals surface area contributed by atoms with Crippen LogP contribution in [0.5, 0.6) is 5.75 Å². The number of hydrogen-bond acceptors (Lipinski definition) is 2. The molecule has 0 aliphatic heterocycles. The highest BCUT2D eigenvalue weighted by molar-refractivity contribution is 9.10. The van der Waals surface area contributed by atoms with Crippen molar-refractivity contribution in [3.8, 4) is 5.75 Å². The van der Waals surface area contributed by atoms with Gasteiger partial charge in [0, 0.05) is 14.5 Å². The van der Waals surface area contributed by atoms with Gasteiger partial charge in [0.15, 0.2) is 0 Å². The maximum Gasteiger partial charge on any atom is 0.130 e. The van der Waals surface area contributed by atoms with Gasteiger partial charge in [0.05, 0.1) is 5.56 Å². The Kier molecular flexibility index (Phi) is 5.12. The minimum absolute atomic E-state index is 0.263. The maximum atomic E-state index is 13.0. The van der Waals surface area contributed by atoms with E-state index in [0.717, 1.165) is 10.0 Å². The van der Waals surface area contributed by atoms with Gasteiger partial charge in [-0.3, -0.25) is 0 Å². The molecule has 0 saturated carbocycles. The number of hydrogen-bond donors (Lipinski definition) is 1. The van der Waals surface area contributed by atoms with E-state index >= 15 is 0 Å². The summed E-state index contributed by atoms with van der Waals surface area (Å²) in [5, 5.41) is 0. The molecule has 20 heavy (non-hydrogen) atoms. The quantitative estimate of drug-likeness (QED) is 0.739. The monoisotopic (exact) mass is 417 g/mol. The first-order valence-electron chi connectivity index (χ1n) is 5.63. The first-order chi connectivity index (χ1) is 9.47. The molecular formula is C14H10Br2FNOS. The van der Waals surface area contributed by atoms with E-state index in [1.54, 1.807) is 18.2 Å². The van der Waals surface area contributed by atoms with Crippen molar-refractivity contribution in [1.29, 1.82) is 0 Å². The SMILES string of the molecule is NC(=S)c1cc(Br)ccc1OCc1ccc(F)cc1Br. The molecule has 2 N–H and O–H groups in total. The molecule has 0 aliphatic rings. The normalized spacial score (nSPS) is 10.3. The lowest BCUT2D eigenvalue weighted by Gasteiger charge is -2.12. The van der Waals surface area contributed by atoms with E-state index in [0.29, 0.717) is 15.8 Å². The molecule has 2 nitrogen and oxygen atoms in total. The van der Waals surface area contributed by atoms with Gasteiger partial charge in [-0.25, -0.2) is 4.39 Å². The van der Waals surface area contributed by atoms with Crippen LogP contribution in [-0.2, 0) is 6.61 Å². The third-order valence-electron chi connectivity index (χ3n) is 2.61. The summed E-state index contributed by atoms with van der Waals surface area (Å²) < 4.78 is 20.3. The van der Waals surface area contributed by atoms with Crippen molar-refractivity contribution in [3.63, 3.8) is 0 Å². The highest BCUT2D eigenvalue weighted by Gasteiger charge is 2.09. The number of rotatable bonds is 4. The number of halogens is 3. The van der Waals surface area contributed by atoms with Crippen molar-refractivity contribution in [2.75, 3.05) is 0 Å². The van der Waals surface area contributed by atoms with Gasteiger partial charge in [-0.15, -0.1) is 0 Å². The van der Waals surface area contributed by atoms with E-state index < -0.39 is 0 Å². The summed E-state index contributed by atoms with van der Waals surface area (Å²) in [4.78, 5) is 0.263. The molecule has 0 atom stereocenters. The fraction of sp³-hybridized carbons (Fsp3) is 0.0714. The predicted octanol–water partition coefficient (Wildman–Crippen LogP) is 4.56. The van der Waals surface area contributed by atoms with Gasteiger partial charge in [-0.1, -0.05) is 50.1 Å². The van der Waals surface area contributed by atoms with E-state index in [-0.39, 0.29) is 17.4 Å². The third-order valence-corrected chi connectivity index (χ3v) is 4.06. The highest BCUT2D eigenvalue weighted by Crippen LogP contribution is 2.25. The Bertz CT molecular complexity index is 664. The Labute approximate surface area is 138 Å². The molecule has 0 amide bonds. The topological polar surface area (TPSA) is 35.2 Å². The van der Waals surface area contributed by atoms with E-state index in [9.17, 15) is 4.39 Å². The van der Waals surface area contributed by atoms with Crippen molar-refractivity contribution in [2.45, 2.75) is 6.61 Å². The van der Waals surface area contributed by atoms with Crippen LogP contribution < -0.4 is 10.5 Å². The molecule has 0 aliphatic carbocycles. The van der Waals surface area contributed by atoms with Crippen LogP contribution in [0.3, 0.4) is 0 Å². The zero-order chi connectivity index (χ0) is 14.7. The lowest BCUT2D eigenvalue weighted by atomic mass is 10.2. The molecule has 6 heteroatoms. The van der Waals surface area contributed by atoms with E-state index in [4.69, 9.17) is 22.7 Å². The van der Waals surface area contributed by atoms with Crippen LogP contribution >= 0.6 is 44.1 Å². The largest absolute Gasteiger partial charge is 0.488 e. The second-order valence-electron chi connectivity index (χ2n) is 4.03. The molecule has 0 radical (unpaired) electrons. The molecule has 0 unspecified atom stereocenters. The van der Waals surface area contributed by atoms with E-state index in [1.165, 1.54) is 12.1 Å². The van der Waals surface area contributed by atoms with Gasteiger partial charge in [-0.2, -0.15) is 0 Å². The fourth-order valence-electron chi connectivity index (χ4n) is 1.61. The van der Waals surface area contributed by atoms with E-state index in [1.807, 2.05) is 6.07 Å². The molecule has 2 aromatic carbocycles. The highest BCUT2D eigenvalue weighted by atomic mass is 79.9. The number of benzene rings is 2. The van der Waals surface area contributed by atoms with Crippen LogP contribution in [0.15, 0.2) is 45.3 Å². The Morgan fingerprint density at radius 3 is 2.60 bits per heavy atom. The minimum atomic E-state index is -0.298.